The number of aromatic nitrogens is 2. The largest absolute Gasteiger partial charge is 0.448 e. The van der Waals surface area contributed by atoms with Gasteiger partial charge in [0.05, 0.1) is 19.0 Å². The van der Waals surface area contributed by atoms with Gasteiger partial charge in [0, 0.05) is 31.6 Å². The van der Waals surface area contributed by atoms with Gasteiger partial charge in [0.15, 0.2) is 0 Å². The smallest absolute Gasteiger partial charge is 0.297 e. The number of ether oxygens (including phenoxy) is 1. The van der Waals surface area contributed by atoms with Gasteiger partial charge in [0.2, 0.25) is 11.5 Å². The fraction of sp³-hybridized carbons (Fsp3) is 0.320. The maximum absolute atomic E-state index is 12.8. The Labute approximate surface area is 190 Å². The Bertz CT molecular complexity index is 1360. The molecule has 1 amide bonds. The zero-order chi connectivity index (χ0) is 22.8. The Morgan fingerprint density at radius 2 is 2.03 bits per heavy atom. The monoisotopic (exact) mass is 446 g/mol. The Kier molecular flexibility index (Phi) is 5.93. The molecule has 1 saturated heterocycles. The molecule has 5 rings (SSSR count). The van der Waals surface area contributed by atoms with Crippen LogP contribution in [-0.2, 0) is 29.2 Å². The van der Waals surface area contributed by atoms with Crippen LogP contribution in [0.1, 0.15) is 18.1 Å². The van der Waals surface area contributed by atoms with Crippen LogP contribution in [0.5, 0.6) is 0 Å². The molecule has 0 aliphatic carbocycles. The van der Waals surface area contributed by atoms with Crippen molar-refractivity contribution in [3.8, 4) is 0 Å². The lowest BCUT2D eigenvalue weighted by atomic mass is 10.1. The van der Waals surface area contributed by atoms with Gasteiger partial charge in [-0.15, -0.1) is 0 Å². The molecule has 0 saturated carbocycles. The van der Waals surface area contributed by atoms with Crippen molar-refractivity contribution in [1.82, 2.24) is 19.8 Å². The van der Waals surface area contributed by atoms with Gasteiger partial charge in [-0.3, -0.25) is 19.1 Å². The highest BCUT2D eigenvalue weighted by atomic mass is 16.5. The van der Waals surface area contributed by atoms with Crippen LogP contribution >= 0.6 is 0 Å². The molecule has 0 bridgehead atoms. The van der Waals surface area contributed by atoms with Crippen molar-refractivity contribution in [2.24, 2.45) is 0 Å². The van der Waals surface area contributed by atoms with E-state index in [2.05, 4.69) is 34.3 Å². The van der Waals surface area contributed by atoms with Gasteiger partial charge in [-0.05, 0) is 30.2 Å². The zero-order valence-electron chi connectivity index (χ0n) is 18.5. The number of carbonyl (C=O) groups excluding carboxylic acids is 1. The number of para-hydroxylation sites is 1. The number of amides is 1. The Morgan fingerprint density at radius 1 is 1.18 bits per heavy atom. The standard InChI is InChI=1S/C25H26N4O4/c1-17-13-28(9-10-32-17)14-19-6-4-5-18(11-19)12-26-22(30)15-29-16-27-23-20-7-2-3-8-21(20)33-24(23)25(29)31/h2-8,11,16-17H,9-10,12-15H2,1H3,(H,26,30). The van der Waals surface area contributed by atoms with E-state index in [1.54, 1.807) is 6.07 Å². The first-order valence-corrected chi connectivity index (χ1v) is 11.1. The maximum Gasteiger partial charge on any atom is 0.297 e. The molecule has 8 nitrogen and oxygen atoms in total. The average Bonchev–Trinajstić information content (AvgIpc) is 3.19. The molecular weight excluding hydrogens is 420 g/mol. The molecule has 1 aliphatic heterocycles. The van der Waals surface area contributed by atoms with E-state index in [4.69, 9.17) is 9.15 Å². The van der Waals surface area contributed by atoms with E-state index in [0.717, 1.165) is 37.2 Å². The molecule has 170 valence electrons. The molecule has 33 heavy (non-hydrogen) atoms. The molecule has 2 aromatic heterocycles. The van der Waals surface area contributed by atoms with E-state index in [1.807, 2.05) is 30.3 Å². The molecule has 1 fully saturated rings. The summed E-state index contributed by atoms with van der Waals surface area (Å²) < 4.78 is 12.6. The quantitative estimate of drug-likeness (QED) is 0.490. The average molecular weight is 447 g/mol. The normalized spacial score (nSPS) is 16.9. The van der Waals surface area contributed by atoms with E-state index >= 15 is 0 Å². The lowest BCUT2D eigenvalue weighted by molar-refractivity contribution is -0.121. The molecule has 1 N–H and O–H groups in total. The van der Waals surface area contributed by atoms with Gasteiger partial charge in [-0.25, -0.2) is 4.98 Å². The molecule has 1 atom stereocenters. The molecule has 1 aliphatic rings. The minimum Gasteiger partial charge on any atom is -0.448 e. The summed E-state index contributed by atoms with van der Waals surface area (Å²) in [5, 5.41) is 3.68. The van der Waals surface area contributed by atoms with Gasteiger partial charge >= 0.3 is 0 Å². The topological polar surface area (TPSA) is 89.6 Å². The number of morpholine rings is 1. The maximum atomic E-state index is 12.8. The number of rotatable bonds is 6. The summed E-state index contributed by atoms with van der Waals surface area (Å²) in [5.41, 5.74) is 3.13. The van der Waals surface area contributed by atoms with Gasteiger partial charge in [0.25, 0.3) is 5.56 Å². The van der Waals surface area contributed by atoms with Crippen molar-refractivity contribution < 1.29 is 13.9 Å². The van der Waals surface area contributed by atoms with E-state index in [9.17, 15) is 9.59 Å². The van der Waals surface area contributed by atoms with E-state index in [0.29, 0.717) is 17.6 Å². The van der Waals surface area contributed by atoms with Crippen molar-refractivity contribution in [1.29, 1.82) is 0 Å². The van der Waals surface area contributed by atoms with Crippen molar-refractivity contribution >= 4 is 28.0 Å². The minimum atomic E-state index is -0.368. The summed E-state index contributed by atoms with van der Waals surface area (Å²) in [6.07, 6.45) is 1.65. The van der Waals surface area contributed by atoms with E-state index < -0.39 is 0 Å². The van der Waals surface area contributed by atoms with Crippen LogP contribution in [0, 0.1) is 0 Å². The lowest BCUT2D eigenvalue weighted by Gasteiger charge is -2.31. The molecule has 4 aromatic rings. The summed E-state index contributed by atoms with van der Waals surface area (Å²) in [6, 6.07) is 15.6. The molecule has 0 spiro atoms. The van der Waals surface area contributed by atoms with Crippen LogP contribution in [0.2, 0.25) is 0 Å². The summed E-state index contributed by atoms with van der Waals surface area (Å²) >= 11 is 0. The predicted octanol–water partition coefficient (Wildman–Crippen LogP) is 2.68. The second-order valence-electron chi connectivity index (χ2n) is 8.47. The number of carbonyl (C=O) groups is 1. The van der Waals surface area contributed by atoms with Gasteiger partial charge < -0.3 is 14.5 Å². The molecule has 2 aromatic carbocycles. The van der Waals surface area contributed by atoms with Crippen LogP contribution in [0.3, 0.4) is 0 Å². The number of fused-ring (bicyclic) bond motifs is 3. The molecule has 8 heteroatoms. The number of hydrogen-bond acceptors (Lipinski definition) is 6. The third-order valence-electron chi connectivity index (χ3n) is 5.88. The molecule has 0 radical (unpaired) electrons. The first-order chi connectivity index (χ1) is 16.1. The molecule has 3 heterocycles. The van der Waals surface area contributed by atoms with Crippen LogP contribution in [0.15, 0.2) is 64.1 Å². The summed E-state index contributed by atoms with van der Waals surface area (Å²) in [7, 11) is 0. The first kappa shape index (κ1) is 21.4. The van der Waals surface area contributed by atoms with Gasteiger partial charge in [-0.1, -0.05) is 36.4 Å². The summed E-state index contributed by atoms with van der Waals surface area (Å²) in [4.78, 5) is 32.1. The number of nitrogens with one attached hydrogen (secondary N) is 1. The molecule has 1 unspecified atom stereocenters. The lowest BCUT2D eigenvalue weighted by Crippen LogP contribution is -2.40. The van der Waals surface area contributed by atoms with Gasteiger partial charge in [-0.2, -0.15) is 0 Å². The zero-order valence-corrected chi connectivity index (χ0v) is 18.5. The predicted molar refractivity (Wildman–Crippen MR) is 125 cm³/mol. The number of furan rings is 1. The third-order valence-corrected chi connectivity index (χ3v) is 5.88. The second kappa shape index (κ2) is 9.17. The van der Waals surface area contributed by atoms with Crippen molar-refractivity contribution in [3.63, 3.8) is 0 Å². The molecular formula is C25H26N4O4. The van der Waals surface area contributed by atoms with Crippen molar-refractivity contribution in [2.45, 2.75) is 32.7 Å². The number of nitrogens with zero attached hydrogens (tertiary/aromatic N) is 3. The SMILES string of the molecule is CC1CN(Cc2cccc(CNC(=O)Cn3cnc4c(oc5ccccc54)c3=O)c2)CCO1. The highest BCUT2D eigenvalue weighted by Crippen LogP contribution is 2.24. The highest BCUT2D eigenvalue weighted by molar-refractivity contribution is 6.01. The Morgan fingerprint density at radius 3 is 2.91 bits per heavy atom. The minimum absolute atomic E-state index is 0.121. The fourth-order valence-electron chi connectivity index (χ4n) is 4.27. The Hall–Kier alpha value is -3.49. The first-order valence-electron chi connectivity index (χ1n) is 11.1. The third kappa shape index (κ3) is 4.67. The van der Waals surface area contributed by atoms with Crippen LogP contribution in [0.4, 0.5) is 0 Å². The number of hydrogen-bond donors (Lipinski definition) is 1. The Balaban J connectivity index is 1.23. The van der Waals surface area contributed by atoms with Crippen molar-refractivity contribution in [3.05, 3.63) is 76.3 Å². The van der Waals surface area contributed by atoms with Crippen LogP contribution in [0.25, 0.3) is 22.1 Å². The fourth-order valence-corrected chi connectivity index (χ4v) is 4.27. The highest BCUT2D eigenvalue weighted by Gasteiger charge is 2.17. The van der Waals surface area contributed by atoms with E-state index in [1.165, 1.54) is 16.5 Å². The van der Waals surface area contributed by atoms with Gasteiger partial charge in [0.1, 0.15) is 17.6 Å². The number of benzene rings is 2. The second-order valence-corrected chi connectivity index (χ2v) is 8.47. The summed E-state index contributed by atoms with van der Waals surface area (Å²) in [6.45, 7) is 5.80. The van der Waals surface area contributed by atoms with Crippen LogP contribution in [-0.4, -0.2) is 46.2 Å². The van der Waals surface area contributed by atoms with Crippen molar-refractivity contribution in [2.75, 3.05) is 19.7 Å². The van der Waals surface area contributed by atoms with Crippen LogP contribution < -0.4 is 10.9 Å². The summed E-state index contributed by atoms with van der Waals surface area (Å²) in [5.74, 6) is -0.262. The van der Waals surface area contributed by atoms with E-state index in [-0.39, 0.29) is 29.7 Å².